The van der Waals surface area contributed by atoms with Crippen molar-refractivity contribution in [3.05, 3.63) is 40.7 Å². The molecule has 2 aromatic rings. The summed E-state index contributed by atoms with van der Waals surface area (Å²) in [6, 6.07) is 4.21. The lowest BCUT2D eigenvalue weighted by Gasteiger charge is -2.21. The molecule has 1 N–H and O–H groups in total. The average Bonchev–Trinajstić information content (AvgIpc) is 2.99. The van der Waals surface area contributed by atoms with Crippen LogP contribution in [0.4, 0.5) is 10.1 Å². The minimum Gasteiger partial charge on any atom is -0.481 e. The standard InChI is InChI=1S/C14H12FN3O3S/c1-18(6-8-2-3-16-22-8)14(20)9-4-11-12(5-10(9)15)21-7-13(19)17-11/h2-5H,6-7H2,1H3,(H,17,19). The Hall–Kier alpha value is -2.48. The Morgan fingerprint density at radius 3 is 3.09 bits per heavy atom. The topological polar surface area (TPSA) is 71.5 Å². The number of halogens is 1. The first-order valence-corrected chi connectivity index (χ1v) is 7.23. The highest BCUT2D eigenvalue weighted by Crippen LogP contribution is 2.31. The van der Waals surface area contributed by atoms with Gasteiger partial charge in [0.05, 0.1) is 17.8 Å². The molecule has 1 aromatic heterocycles. The van der Waals surface area contributed by atoms with Crippen molar-refractivity contribution in [3.8, 4) is 5.75 Å². The second-order valence-electron chi connectivity index (χ2n) is 4.81. The van der Waals surface area contributed by atoms with Crippen molar-refractivity contribution in [1.29, 1.82) is 0 Å². The van der Waals surface area contributed by atoms with Gasteiger partial charge in [0, 0.05) is 24.2 Å². The van der Waals surface area contributed by atoms with E-state index in [1.807, 2.05) is 0 Å². The van der Waals surface area contributed by atoms with Gasteiger partial charge in [-0.05, 0) is 23.7 Å². The van der Waals surface area contributed by atoms with E-state index in [0.717, 1.165) is 10.9 Å². The largest absolute Gasteiger partial charge is 0.481 e. The fourth-order valence-corrected chi connectivity index (χ4v) is 2.73. The Labute approximate surface area is 129 Å². The molecule has 0 aliphatic carbocycles. The first-order chi connectivity index (χ1) is 10.5. The third-order valence-corrected chi connectivity index (χ3v) is 3.89. The molecule has 0 fully saturated rings. The van der Waals surface area contributed by atoms with E-state index in [2.05, 4.69) is 9.69 Å². The summed E-state index contributed by atoms with van der Waals surface area (Å²) in [4.78, 5) is 26.0. The Morgan fingerprint density at radius 1 is 1.55 bits per heavy atom. The molecule has 8 heteroatoms. The fraction of sp³-hybridized carbons (Fsp3) is 0.214. The molecule has 0 saturated heterocycles. The smallest absolute Gasteiger partial charge is 0.262 e. The highest BCUT2D eigenvalue weighted by atomic mass is 32.1. The molecule has 22 heavy (non-hydrogen) atoms. The molecule has 0 atom stereocenters. The van der Waals surface area contributed by atoms with Crippen molar-refractivity contribution in [2.45, 2.75) is 6.54 Å². The Balaban J connectivity index is 1.85. The lowest BCUT2D eigenvalue weighted by atomic mass is 10.1. The SMILES string of the molecule is CN(Cc1ccns1)C(=O)c1cc2c(cc1F)OCC(=O)N2. The molecule has 114 valence electrons. The summed E-state index contributed by atoms with van der Waals surface area (Å²) < 4.78 is 23.2. The Bertz CT molecular complexity index is 733. The number of benzene rings is 1. The van der Waals surface area contributed by atoms with Crippen LogP contribution in [0.1, 0.15) is 15.2 Å². The van der Waals surface area contributed by atoms with Gasteiger partial charge in [-0.2, -0.15) is 0 Å². The van der Waals surface area contributed by atoms with Crippen LogP contribution in [-0.2, 0) is 11.3 Å². The maximum Gasteiger partial charge on any atom is 0.262 e. The van der Waals surface area contributed by atoms with E-state index in [0.29, 0.717) is 12.2 Å². The monoisotopic (exact) mass is 321 g/mol. The van der Waals surface area contributed by atoms with Gasteiger partial charge < -0.3 is 15.0 Å². The van der Waals surface area contributed by atoms with Gasteiger partial charge in [0.1, 0.15) is 11.6 Å². The summed E-state index contributed by atoms with van der Waals surface area (Å²) in [5, 5.41) is 2.56. The third-order valence-electron chi connectivity index (χ3n) is 3.16. The van der Waals surface area contributed by atoms with Crippen LogP contribution in [0.2, 0.25) is 0 Å². The zero-order valence-corrected chi connectivity index (χ0v) is 12.4. The van der Waals surface area contributed by atoms with Crippen LogP contribution in [-0.4, -0.2) is 34.7 Å². The summed E-state index contributed by atoms with van der Waals surface area (Å²) in [5.74, 6) is -1.28. The number of aromatic nitrogens is 1. The zero-order chi connectivity index (χ0) is 15.7. The van der Waals surface area contributed by atoms with Gasteiger partial charge in [0.2, 0.25) is 0 Å². The van der Waals surface area contributed by atoms with Crippen LogP contribution in [0.15, 0.2) is 24.4 Å². The highest BCUT2D eigenvalue weighted by molar-refractivity contribution is 7.05. The fourth-order valence-electron chi connectivity index (χ4n) is 2.10. The molecule has 0 unspecified atom stereocenters. The summed E-state index contributed by atoms with van der Waals surface area (Å²) in [5.41, 5.74) is 0.184. The number of ether oxygens (including phenoxy) is 1. The molecule has 0 radical (unpaired) electrons. The number of carbonyl (C=O) groups is 2. The third kappa shape index (κ3) is 2.77. The number of hydrogen-bond acceptors (Lipinski definition) is 5. The Kier molecular flexibility index (Phi) is 3.76. The molecule has 0 saturated carbocycles. The number of anilines is 1. The van der Waals surface area contributed by atoms with Gasteiger partial charge in [-0.25, -0.2) is 8.76 Å². The zero-order valence-electron chi connectivity index (χ0n) is 11.6. The van der Waals surface area contributed by atoms with E-state index in [1.54, 1.807) is 19.3 Å². The second-order valence-corrected chi connectivity index (χ2v) is 5.72. The summed E-state index contributed by atoms with van der Waals surface area (Å²) in [7, 11) is 1.58. The van der Waals surface area contributed by atoms with E-state index >= 15 is 0 Å². The number of nitrogens with zero attached hydrogens (tertiary/aromatic N) is 2. The van der Waals surface area contributed by atoms with Crippen molar-refractivity contribution in [2.75, 3.05) is 19.0 Å². The first-order valence-electron chi connectivity index (χ1n) is 6.46. The molecule has 6 nitrogen and oxygen atoms in total. The molecule has 0 bridgehead atoms. The predicted octanol–water partition coefficient (Wildman–Crippen LogP) is 1.89. The number of carbonyl (C=O) groups excluding carboxylic acids is 2. The average molecular weight is 321 g/mol. The van der Waals surface area contributed by atoms with E-state index < -0.39 is 11.7 Å². The van der Waals surface area contributed by atoms with E-state index in [-0.39, 0.29) is 23.8 Å². The van der Waals surface area contributed by atoms with Gasteiger partial charge >= 0.3 is 0 Å². The summed E-state index contributed by atoms with van der Waals surface area (Å²) >= 11 is 1.28. The van der Waals surface area contributed by atoms with E-state index in [4.69, 9.17) is 4.74 Å². The lowest BCUT2D eigenvalue weighted by molar-refractivity contribution is -0.118. The molecular weight excluding hydrogens is 309 g/mol. The van der Waals surface area contributed by atoms with Gasteiger partial charge in [-0.1, -0.05) is 0 Å². The predicted molar refractivity (Wildman–Crippen MR) is 78.4 cm³/mol. The molecule has 1 aliphatic rings. The van der Waals surface area contributed by atoms with Gasteiger partial charge in [-0.15, -0.1) is 0 Å². The highest BCUT2D eigenvalue weighted by Gasteiger charge is 2.23. The van der Waals surface area contributed by atoms with E-state index in [1.165, 1.54) is 22.5 Å². The maximum absolute atomic E-state index is 14.1. The molecule has 2 heterocycles. The molecule has 1 aliphatic heterocycles. The van der Waals surface area contributed by atoms with Crippen LogP contribution < -0.4 is 10.1 Å². The minimum atomic E-state index is -0.684. The number of rotatable bonds is 3. The number of fused-ring (bicyclic) bond motifs is 1. The molecular formula is C14H12FN3O3S. The summed E-state index contributed by atoms with van der Waals surface area (Å²) in [6.07, 6.45) is 1.64. The quantitative estimate of drug-likeness (QED) is 0.937. The second kappa shape index (κ2) is 5.72. The number of nitrogens with one attached hydrogen (secondary N) is 1. The van der Waals surface area contributed by atoms with E-state index in [9.17, 15) is 14.0 Å². The van der Waals surface area contributed by atoms with Crippen LogP contribution in [0, 0.1) is 5.82 Å². The van der Waals surface area contributed by atoms with Gasteiger partial charge in [-0.3, -0.25) is 9.59 Å². The van der Waals surface area contributed by atoms with Crippen molar-refractivity contribution >= 4 is 29.0 Å². The van der Waals surface area contributed by atoms with Crippen LogP contribution in [0.3, 0.4) is 0 Å². The molecule has 2 amide bonds. The lowest BCUT2D eigenvalue weighted by Crippen LogP contribution is -2.29. The van der Waals surface area contributed by atoms with Crippen molar-refractivity contribution < 1.29 is 18.7 Å². The number of hydrogen-bond donors (Lipinski definition) is 1. The van der Waals surface area contributed by atoms with Gasteiger partial charge in [0.25, 0.3) is 11.8 Å². The van der Waals surface area contributed by atoms with Crippen LogP contribution >= 0.6 is 11.5 Å². The minimum absolute atomic E-state index is 0.114. The van der Waals surface area contributed by atoms with Crippen molar-refractivity contribution in [1.82, 2.24) is 9.27 Å². The molecule has 1 aromatic carbocycles. The van der Waals surface area contributed by atoms with Crippen LogP contribution in [0.5, 0.6) is 5.75 Å². The van der Waals surface area contributed by atoms with Gasteiger partial charge in [0.15, 0.2) is 6.61 Å². The molecule has 0 spiro atoms. The number of amides is 2. The normalized spacial score (nSPS) is 13.1. The Morgan fingerprint density at radius 2 is 2.36 bits per heavy atom. The summed E-state index contributed by atoms with van der Waals surface area (Å²) in [6.45, 7) is 0.175. The molecule has 3 rings (SSSR count). The first kappa shape index (κ1) is 14.5. The van der Waals surface area contributed by atoms with Crippen LogP contribution in [0.25, 0.3) is 0 Å². The van der Waals surface area contributed by atoms with Crippen molar-refractivity contribution in [2.24, 2.45) is 0 Å². The maximum atomic E-state index is 14.1. The van der Waals surface area contributed by atoms with Crippen molar-refractivity contribution in [3.63, 3.8) is 0 Å².